The maximum atomic E-state index is 13.1. The number of benzene rings is 2. The van der Waals surface area contributed by atoms with Gasteiger partial charge in [0.2, 0.25) is 0 Å². The standard InChI is InChI=1S/C25H26F3N3O/c1-16-11-18(13-21(12-16)32-2)23-15-30-14-22(24(23)31-9-7-20(29)8-10-31)17-3-5-19(6-4-17)25(26,27)28/h3-6,11-15,20H,7-10,29H2,1-2H3. The smallest absolute Gasteiger partial charge is 0.416 e. The van der Waals surface area contributed by atoms with Crippen LogP contribution in [0.25, 0.3) is 22.3 Å². The number of ether oxygens (including phenoxy) is 1. The fraction of sp³-hybridized carbons (Fsp3) is 0.320. The molecular formula is C25H26F3N3O. The molecule has 0 atom stereocenters. The number of pyridine rings is 1. The van der Waals surface area contributed by atoms with Crippen LogP contribution in [0.3, 0.4) is 0 Å². The molecule has 4 nitrogen and oxygen atoms in total. The van der Waals surface area contributed by atoms with Crippen LogP contribution in [0.15, 0.2) is 54.9 Å². The number of nitrogens with two attached hydrogens (primary N) is 1. The highest BCUT2D eigenvalue weighted by Gasteiger charge is 2.30. The van der Waals surface area contributed by atoms with Crippen LogP contribution in [-0.4, -0.2) is 31.2 Å². The molecule has 1 aliphatic heterocycles. The molecule has 0 saturated carbocycles. The first kappa shape index (κ1) is 22.1. The van der Waals surface area contributed by atoms with Gasteiger partial charge in [-0.1, -0.05) is 18.2 Å². The summed E-state index contributed by atoms with van der Waals surface area (Å²) in [5, 5.41) is 0. The Labute approximate surface area is 185 Å². The molecule has 0 radical (unpaired) electrons. The quantitative estimate of drug-likeness (QED) is 0.566. The summed E-state index contributed by atoms with van der Waals surface area (Å²) >= 11 is 0. The van der Waals surface area contributed by atoms with Crippen LogP contribution in [0, 0.1) is 6.92 Å². The number of rotatable bonds is 4. The summed E-state index contributed by atoms with van der Waals surface area (Å²) in [7, 11) is 1.63. The minimum Gasteiger partial charge on any atom is -0.497 e. The largest absolute Gasteiger partial charge is 0.497 e. The number of aromatic nitrogens is 1. The molecule has 4 rings (SSSR count). The summed E-state index contributed by atoms with van der Waals surface area (Å²) in [4.78, 5) is 6.72. The van der Waals surface area contributed by atoms with E-state index in [0.29, 0.717) is 5.56 Å². The second-order valence-corrected chi connectivity index (χ2v) is 8.22. The van der Waals surface area contributed by atoms with Gasteiger partial charge >= 0.3 is 6.18 Å². The molecule has 3 aromatic rings. The van der Waals surface area contributed by atoms with Crippen molar-refractivity contribution in [2.45, 2.75) is 32.0 Å². The van der Waals surface area contributed by atoms with E-state index >= 15 is 0 Å². The van der Waals surface area contributed by atoms with Crippen LogP contribution in [0.2, 0.25) is 0 Å². The number of piperidine rings is 1. The van der Waals surface area contributed by atoms with E-state index in [2.05, 4.69) is 16.0 Å². The molecular weight excluding hydrogens is 415 g/mol. The summed E-state index contributed by atoms with van der Waals surface area (Å²) in [5.41, 5.74) is 10.8. The Morgan fingerprint density at radius 1 is 0.969 bits per heavy atom. The monoisotopic (exact) mass is 441 g/mol. The van der Waals surface area contributed by atoms with Crippen LogP contribution in [0.1, 0.15) is 24.0 Å². The number of halogens is 3. The van der Waals surface area contributed by atoms with Crippen LogP contribution in [0.5, 0.6) is 5.75 Å². The molecule has 0 aliphatic carbocycles. The number of alkyl halides is 3. The molecule has 168 valence electrons. The number of hydrogen-bond acceptors (Lipinski definition) is 4. The first-order chi connectivity index (χ1) is 15.3. The Morgan fingerprint density at radius 3 is 2.19 bits per heavy atom. The van der Waals surface area contributed by atoms with Crippen molar-refractivity contribution >= 4 is 5.69 Å². The normalized spacial score (nSPS) is 15.1. The Hall–Kier alpha value is -3.06. The van der Waals surface area contributed by atoms with Crippen molar-refractivity contribution in [1.82, 2.24) is 4.98 Å². The van der Waals surface area contributed by atoms with Gasteiger partial charge in [-0.05, 0) is 60.7 Å². The first-order valence-corrected chi connectivity index (χ1v) is 10.6. The molecule has 1 saturated heterocycles. The molecule has 2 N–H and O–H groups in total. The molecule has 0 spiro atoms. The van der Waals surface area contributed by atoms with Gasteiger partial charge in [-0.25, -0.2) is 0 Å². The zero-order valence-corrected chi connectivity index (χ0v) is 18.1. The van der Waals surface area contributed by atoms with E-state index in [-0.39, 0.29) is 6.04 Å². The van der Waals surface area contributed by atoms with Crippen LogP contribution in [0.4, 0.5) is 18.9 Å². The highest BCUT2D eigenvalue weighted by atomic mass is 19.4. The van der Waals surface area contributed by atoms with Gasteiger partial charge in [0, 0.05) is 42.7 Å². The SMILES string of the molecule is COc1cc(C)cc(-c2cncc(-c3ccc(C(F)(F)F)cc3)c2N2CCC(N)CC2)c1. The number of methoxy groups -OCH3 is 1. The van der Waals surface area contributed by atoms with Gasteiger partial charge < -0.3 is 15.4 Å². The second kappa shape index (κ2) is 8.82. The van der Waals surface area contributed by atoms with Gasteiger partial charge in [0.1, 0.15) is 5.75 Å². The van der Waals surface area contributed by atoms with E-state index < -0.39 is 11.7 Å². The average Bonchev–Trinajstić information content (AvgIpc) is 2.78. The second-order valence-electron chi connectivity index (χ2n) is 8.22. The zero-order valence-electron chi connectivity index (χ0n) is 18.1. The predicted molar refractivity (Wildman–Crippen MR) is 121 cm³/mol. The number of anilines is 1. The summed E-state index contributed by atoms with van der Waals surface area (Å²) < 4.78 is 44.7. The Morgan fingerprint density at radius 2 is 1.59 bits per heavy atom. The zero-order chi connectivity index (χ0) is 22.9. The van der Waals surface area contributed by atoms with Crippen LogP contribution in [-0.2, 0) is 6.18 Å². The summed E-state index contributed by atoms with van der Waals surface area (Å²) in [5.74, 6) is 0.742. The van der Waals surface area contributed by atoms with Crippen LogP contribution < -0.4 is 15.4 Å². The molecule has 2 heterocycles. The molecule has 1 fully saturated rings. The molecule has 0 unspecified atom stereocenters. The molecule has 1 aliphatic rings. The molecule has 7 heteroatoms. The van der Waals surface area contributed by atoms with Crippen molar-refractivity contribution < 1.29 is 17.9 Å². The fourth-order valence-corrected chi connectivity index (χ4v) is 4.20. The number of hydrogen-bond donors (Lipinski definition) is 1. The molecule has 1 aromatic heterocycles. The maximum absolute atomic E-state index is 13.1. The fourth-order valence-electron chi connectivity index (χ4n) is 4.20. The van der Waals surface area contributed by atoms with E-state index in [1.54, 1.807) is 13.3 Å². The van der Waals surface area contributed by atoms with Crippen molar-refractivity contribution in [2.75, 3.05) is 25.1 Å². The predicted octanol–water partition coefficient (Wildman–Crippen LogP) is 5.68. The third-order valence-corrected chi connectivity index (χ3v) is 5.89. The van der Waals surface area contributed by atoms with Crippen molar-refractivity contribution in [3.8, 4) is 28.0 Å². The van der Waals surface area contributed by atoms with E-state index in [4.69, 9.17) is 10.5 Å². The lowest BCUT2D eigenvalue weighted by Gasteiger charge is -2.35. The third kappa shape index (κ3) is 4.58. The Bertz CT molecular complexity index is 1090. The summed E-state index contributed by atoms with van der Waals surface area (Å²) in [6, 6.07) is 11.4. The third-order valence-electron chi connectivity index (χ3n) is 5.89. The number of aryl methyl sites for hydroxylation is 1. The van der Waals surface area contributed by atoms with Gasteiger partial charge in [0.05, 0.1) is 18.4 Å². The lowest BCUT2D eigenvalue weighted by Crippen LogP contribution is -2.40. The van der Waals surface area contributed by atoms with E-state index in [0.717, 1.165) is 71.8 Å². The maximum Gasteiger partial charge on any atom is 0.416 e. The van der Waals surface area contributed by atoms with Crippen molar-refractivity contribution in [2.24, 2.45) is 5.73 Å². The highest BCUT2D eigenvalue weighted by Crippen LogP contribution is 2.41. The summed E-state index contributed by atoms with van der Waals surface area (Å²) in [6.07, 6.45) is 0.869. The van der Waals surface area contributed by atoms with Crippen molar-refractivity contribution in [3.63, 3.8) is 0 Å². The van der Waals surface area contributed by atoms with Gasteiger partial charge in [0.15, 0.2) is 0 Å². The van der Waals surface area contributed by atoms with Gasteiger partial charge in [-0.2, -0.15) is 13.2 Å². The molecule has 32 heavy (non-hydrogen) atoms. The first-order valence-electron chi connectivity index (χ1n) is 10.6. The molecule has 0 bridgehead atoms. The van der Waals surface area contributed by atoms with Gasteiger partial charge in [0.25, 0.3) is 0 Å². The number of nitrogens with zero attached hydrogens (tertiary/aromatic N) is 2. The molecule has 2 aromatic carbocycles. The van der Waals surface area contributed by atoms with E-state index in [1.807, 2.05) is 25.3 Å². The Kier molecular flexibility index (Phi) is 6.11. The van der Waals surface area contributed by atoms with Gasteiger partial charge in [-0.15, -0.1) is 0 Å². The van der Waals surface area contributed by atoms with E-state index in [1.165, 1.54) is 12.1 Å². The Balaban J connectivity index is 1.87. The van der Waals surface area contributed by atoms with Crippen molar-refractivity contribution in [3.05, 3.63) is 66.0 Å². The molecule has 0 amide bonds. The average molecular weight is 441 g/mol. The van der Waals surface area contributed by atoms with Crippen molar-refractivity contribution in [1.29, 1.82) is 0 Å². The lowest BCUT2D eigenvalue weighted by atomic mass is 9.94. The topological polar surface area (TPSA) is 51.4 Å². The minimum absolute atomic E-state index is 0.158. The lowest BCUT2D eigenvalue weighted by molar-refractivity contribution is -0.137. The highest BCUT2D eigenvalue weighted by molar-refractivity contribution is 5.90. The van der Waals surface area contributed by atoms with Crippen LogP contribution >= 0.6 is 0 Å². The summed E-state index contributed by atoms with van der Waals surface area (Å²) in [6.45, 7) is 3.54. The minimum atomic E-state index is -4.37. The van der Waals surface area contributed by atoms with Gasteiger partial charge in [-0.3, -0.25) is 4.98 Å². The van der Waals surface area contributed by atoms with E-state index in [9.17, 15) is 13.2 Å².